The molecule has 0 atom stereocenters. The lowest BCUT2D eigenvalue weighted by Gasteiger charge is -1.91. The smallest absolute Gasteiger partial charge is 0.322 e. The number of aromatic nitrogens is 3. The molecular weight excluding hydrogens is 198 g/mol. The molecule has 0 aliphatic heterocycles. The van der Waals surface area contributed by atoms with Gasteiger partial charge in [0.1, 0.15) is 0 Å². The zero-order valence-corrected chi connectivity index (χ0v) is 7.54. The molecular formula is C8H7N5O2. The molecule has 3 N–H and O–H groups in total. The van der Waals surface area contributed by atoms with Crippen LogP contribution in [0.25, 0.3) is 11.5 Å². The number of pyridine rings is 1. The maximum absolute atomic E-state index is 11.0. The van der Waals surface area contributed by atoms with E-state index in [9.17, 15) is 4.79 Å². The molecule has 0 unspecified atom stereocenters. The SMILES string of the molecule is NNC(=O)c1nnc(-c2cccnc2)o1. The summed E-state index contributed by atoms with van der Waals surface area (Å²) in [6.07, 6.45) is 3.17. The van der Waals surface area contributed by atoms with E-state index in [0.29, 0.717) is 5.56 Å². The van der Waals surface area contributed by atoms with Crippen molar-refractivity contribution in [3.8, 4) is 11.5 Å². The van der Waals surface area contributed by atoms with Gasteiger partial charge in [-0.15, -0.1) is 10.2 Å². The minimum absolute atomic E-state index is 0.184. The fraction of sp³-hybridized carbons (Fsp3) is 0. The Morgan fingerprint density at radius 2 is 2.33 bits per heavy atom. The van der Waals surface area contributed by atoms with Crippen LogP contribution in [0.2, 0.25) is 0 Å². The third kappa shape index (κ3) is 1.81. The number of carbonyl (C=O) groups is 1. The second-order valence-electron chi connectivity index (χ2n) is 2.63. The van der Waals surface area contributed by atoms with Crippen LogP contribution in [-0.4, -0.2) is 21.1 Å². The molecule has 7 heteroatoms. The van der Waals surface area contributed by atoms with Crippen LogP contribution < -0.4 is 11.3 Å². The number of carbonyl (C=O) groups excluding carboxylic acids is 1. The number of hydrogen-bond donors (Lipinski definition) is 2. The van der Waals surface area contributed by atoms with E-state index in [1.165, 1.54) is 0 Å². The van der Waals surface area contributed by atoms with E-state index in [-0.39, 0.29) is 11.8 Å². The summed E-state index contributed by atoms with van der Waals surface area (Å²) in [5.74, 6) is 4.33. The Hall–Kier alpha value is -2.28. The van der Waals surface area contributed by atoms with Gasteiger partial charge in [0.2, 0.25) is 5.89 Å². The van der Waals surface area contributed by atoms with Crippen molar-refractivity contribution >= 4 is 5.91 Å². The number of rotatable bonds is 2. The number of amides is 1. The van der Waals surface area contributed by atoms with Gasteiger partial charge >= 0.3 is 11.8 Å². The van der Waals surface area contributed by atoms with Gasteiger partial charge < -0.3 is 4.42 Å². The second-order valence-corrected chi connectivity index (χ2v) is 2.63. The van der Waals surface area contributed by atoms with Crippen molar-refractivity contribution < 1.29 is 9.21 Å². The molecule has 0 spiro atoms. The monoisotopic (exact) mass is 205 g/mol. The fourth-order valence-corrected chi connectivity index (χ4v) is 0.983. The Kier molecular flexibility index (Phi) is 2.38. The highest BCUT2D eigenvalue weighted by Crippen LogP contribution is 2.15. The number of nitrogens with two attached hydrogens (primary N) is 1. The normalized spacial score (nSPS) is 9.93. The van der Waals surface area contributed by atoms with Crippen LogP contribution in [0.1, 0.15) is 10.7 Å². The van der Waals surface area contributed by atoms with Crippen LogP contribution in [0, 0.1) is 0 Å². The summed E-state index contributed by atoms with van der Waals surface area (Å²) in [4.78, 5) is 14.9. The van der Waals surface area contributed by atoms with E-state index in [1.807, 2.05) is 5.43 Å². The molecule has 2 rings (SSSR count). The van der Waals surface area contributed by atoms with Crippen molar-refractivity contribution in [2.75, 3.05) is 0 Å². The van der Waals surface area contributed by atoms with Crippen LogP contribution in [0.5, 0.6) is 0 Å². The number of hydrogen-bond acceptors (Lipinski definition) is 6. The minimum atomic E-state index is -0.627. The maximum Gasteiger partial charge on any atom is 0.322 e. The molecule has 1 amide bonds. The molecule has 0 saturated heterocycles. The van der Waals surface area contributed by atoms with Gasteiger partial charge in [0.25, 0.3) is 0 Å². The van der Waals surface area contributed by atoms with Gasteiger partial charge in [-0.25, -0.2) is 5.84 Å². The number of nitrogens with one attached hydrogen (secondary N) is 1. The summed E-state index contributed by atoms with van der Waals surface area (Å²) in [6.45, 7) is 0. The van der Waals surface area contributed by atoms with Gasteiger partial charge in [0, 0.05) is 12.4 Å². The van der Waals surface area contributed by atoms with Gasteiger partial charge in [-0.2, -0.15) is 0 Å². The lowest BCUT2D eigenvalue weighted by molar-refractivity contribution is 0.0919. The molecule has 0 aliphatic carbocycles. The van der Waals surface area contributed by atoms with Crippen LogP contribution in [0.3, 0.4) is 0 Å². The lowest BCUT2D eigenvalue weighted by Crippen LogP contribution is -2.30. The van der Waals surface area contributed by atoms with E-state index >= 15 is 0 Å². The molecule has 0 fully saturated rings. The molecule has 76 valence electrons. The van der Waals surface area contributed by atoms with Crippen molar-refractivity contribution in [3.05, 3.63) is 30.4 Å². The first-order valence-electron chi connectivity index (χ1n) is 4.06. The molecule has 0 aromatic carbocycles. The summed E-state index contributed by atoms with van der Waals surface area (Å²) in [7, 11) is 0. The van der Waals surface area contributed by atoms with E-state index in [2.05, 4.69) is 15.2 Å². The Labute approximate surface area is 84.3 Å². The Morgan fingerprint density at radius 3 is 3.00 bits per heavy atom. The van der Waals surface area contributed by atoms with Gasteiger partial charge in [0.05, 0.1) is 5.56 Å². The molecule has 7 nitrogen and oxygen atoms in total. The van der Waals surface area contributed by atoms with Gasteiger partial charge in [-0.3, -0.25) is 15.2 Å². The Bertz CT molecular complexity index is 467. The van der Waals surface area contributed by atoms with Gasteiger partial charge in [-0.1, -0.05) is 0 Å². The maximum atomic E-state index is 11.0. The van der Waals surface area contributed by atoms with E-state index in [4.69, 9.17) is 10.3 Å². The van der Waals surface area contributed by atoms with Crippen molar-refractivity contribution in [2.45, 2.75) is 0 Å². The van der Waals surface area contributed by atoms with Crippen LogP contribution in [0.4, 0.5) is 0 Å². The number of hydrazine groups is 1. The van der Waals surface area contributed by atoms with Gasteiger partial charge in [0.15, 0.2) is 0 Å². The van der Waals surface area contributed by atoms with Crippen LogP contribution >= 0.6 is 0 Å². The second kappa shape index (κ2) is 3.84. The molecule has 0 radical (unpaired) electrons. The standard InChI is InChI=1S/C8H7N5O2/c9-11-6(14)8-13-12-7(15-8)5-2-1-3-10-4-5/h1-4H,9H2,(H,11,14). The van der Waals surface area contributed by atoms with E-state index < -0.39 is 5.91 Å². The topological polar surface area (TPSA) is 107 Å². The third-order valence-electron chi connectivity index (χ3n) is 1.66. The quantitative estimate of drug-likeness (QED) is 0.397. The highest BCUT2D eigenvalue weighted by atomic mass is 16.4. The summed E-state index contributed by atoms with van der Waals surface area (Å²) >= 11 is 0. The predicted octanol–water partition coefficient (Wildman–Crippen LogP) is -0.265. The highest BCUT2D eigenvalue weighted by Gasteiger charge is 2.14. The van der Waals surface area contributed by atoms with Crippen molar-refractivity contribution in [2.24, 2.45) is 5.84 Å². The first-order valence-corrected chi connectivity index (χ1v) is 4.06. The number of nitrogen functional groups attached to an aromatic ring is 1. The zero-order chi connectivity index (χ0) is 10.7. The summed E-state index contributed by atoms with van der Waals surface area (Å²) in [5.41, 5.74) is 2.54. The molecule has 0 saturated carbocycles. The first-order chi connectivity index (χ1) is 7.31. The van der Waals surface area contributed by atoms with Crippen molar-refractivity contribution in [1.82, 2.24) is 20.6 Å². The number of nitrogens with zero attached hydrogens (tertiary/aromatic N) is 3. The van der Waals surface area contributed by atoms with Crippen LogP contribution in [-0.2, 0) is 0 Å². The lowest BCUT2D eigenvalue weighted by atomic mass is 10.3. The summed E-state index contributed by atoms with van der Waals surface area (Å²) < 4.78 is 5.07. The van der Waals surface area contributed by atoms with E-state index in [0.717, 1.165) is 0 Å². The first kappa shape index (κ1) is 9.28. The van der Waals surface area contributed by atoms with Crippen molar-refractivity contribution in [3.63, 3.8) is 0 Å². The van der Waals surface area contributed by atoms with Gasteiger partial charge in [-0.05, 0) is 12.1 Å². The molecule has 15 heavy (non-hydrogen) atoms. The molecule has 2 heterocycles. The Balaban J connectivity index is 2.32. The Morgan fingerprint density at radius 1 is 1.47 bits per heavy atom. The highest BCUT2D eigenvalue weighted by molar-refractivity contribution is 5.89. The summed E-state index contributed by atoms with van der Waals surface area (Å²) in [5, 5.41) is 7.21. The fourth-order valence-electron chi connectivity index (χ4n) is 0.983. The molecule has 0 aliphatic rings. The minimum Gasteiger partial charge on any atom is -0.412 e. The van der Waals surface area contributed by atoms with Crippen LogP contribution in [0.15, 0.2) is 28.9 Å². The average Bonchev–Trinajstić information content (AvgIpc) is 2.78. The summed E-state index contributed by atoms with van der Waals surface area (Å²) in [6, 6.07) is 3.47. The van der Waals surface area contributed by atoms with Crippen molar-refractivity contribution in [1.29, 1.82) is 0 Å². The zero-order valence-electron chi connectivity index (χ0n) is 7.54. The molecule has 0 bridgehead atoms. The predicted molar refractivity (Wildman–Crippen MR) is 49.2 cm³/mol. The third-order valence-corrected chi connectivity index (χ3v) is 1.66. The van der Waals surface area contributed by atoms with E-state index in [1.54, 1.807) is 24.5 Å². The molecule has 2 aromatic rings. The largest absolute Gasteiger partial charge is 0.412 e. The average molecular weight is 205 g/mol. The molecule has 2 aromatic heterocycles.